The average molecular weight is 841 g/mol. The molecule has 51 heavy (non-hydrogen) atoms. The van der Waals surface area contributed by atoms with E-state index in [1.54, 1.807) is 6.07 Å². The third-order valence-corrected chi connectivity index (χ3v) is 8.97. The number of rotatable bonds is 7. The van der Waals surface area contributed by atoms with E-state index in [1.807, 2.05) is 66.9 Å². The maximum atomic E-state index is 11.0. The molecular weight excluding hydrogens is 808 g/mol. The van der Waals surface area contributed by atoms with Crippen LogP contribution < -0.4 is 4.90 Å². The van der Waals surface area contributed by atoms with Crippen LogP contribution in [0.15, 0.2) is 158 Å². The summed E-state index contributed by atoms with van der Waals surface area (Å²) in [6.07, 6.45) is 1.81. The molecule has 5 nitrogen and oxygen atoms in total. The molecule has 2 heterocycles. The third-order valence-electron chi connectivity index (χ3n) is 8.97. The van der Waals surface area contributed by atoms with E-state index in [0.717, 1.165) is 61.5 Å². The first-order chi connectivity index (χ1) is 24.5. The summed E-state index contributed by atoms with van der Waals surface area (Å²) in [4.78, 5) is 17.3. The molecule has 0 saturated carbocycles. The third kappa shape index (κ3) is 6.69. The molecule has 6 aromatic carbocycles. The number of pyridine rings is 1. The van der Waals surface area contributed by atoms with Gasteiger partial charge in [-0.05, 0) is 78.0 Å². The van der Waals surface area contributed by atoms with Crippen molar-refractivity contribution in [3.8, 4) is 50.8 Å². The quantitative estimate of drug-likeness (QED) is 0.162. The van der Waals surface area contributed by atoms with E-state index in [-0.39, 0.29) is 26.8 Å². The Kier molecular flexibility index (Phi) is 9.57. The molecule has 0 saturated heterocycles. The number of hydrogen-bond acceptors (Lipinski definition) is 5. The molecular formula is C45H33N4OPt-. The van der Waals surface area contributed by atoms with Crippen LogP contribution in [0.2, 0.25) is 0 Å². The van der Waals surface area contributed by atoms with Gasteiger partial charge in [-0.3, -0.25) is 9.97 Å². The Bertz CT molecular complexity index is 2460. The number of para-hydroxylation sites is 1. The van der Waals surface area contributed by atoms with Gasteiger partial charge in [0.1, 0.15) is 11.6 Å². The number of anilines is 3. The van der Waals surface area contributed by atoms with E-state index in [9.17, 15) is 5.11 Å². The van der Waals surface area contributed by atoms with Crippen LogP contribution in [0.3, 0.4) is 0 Å². The van der Waals surface area contributed by atoms with Gasteiger partial charge >= 0.3 is 0 Å². The molecule has 8 rings (SSSR count). The Morgan fingerprint density at radius 3 is 2.08 bits per heavy atom. The summed E-state index contributed by atoms with van der Waals surface area (Å²) < 4.78 is 0. The second-order valence-electron chi connectivity index (χ2n) is 12.3. The van der Waals surface area contributed by atoms with Gasteiger partial charge in [-0.25, -0.2) is 4.98 Å². The van der Waals surface area contributed by atoms with Gasteiger partial charge in [-0.1, -0.05) is 109 Å². The second-order valence-corrected chi connectivity index (χ2v) is 12.3. The number of fused-ring (bicyclic) bond motifs is 1. The molecule has 8 aromatic rings. The first-order valence-electron chi connectivity index (χ1n) is 16.6. The minimum Gasteiger partial charge on any atom is -0.507 e. The number of aromatic nitrogens is 3. The zero-order valence-electron chi connectivity index (χ0n) is 28.1. The Labute approximate surface area is 312 Å². The Morgan fingerprint density at radius 1 is 0.608 bits per heavy atom. The van der Waals surface area contributed by atoms with Crippen molar-refractivity contribution < 1.29 is 26.2 Å². The minimum atomic E-state index is 0. The standard InChI is InChI=1S/C45H33N4O.Pt/c1-30-14-12-15-31(2)44(30)40-29-39(38-21-8-9-23-42(38)50)47-45(48-40)35-26-34(32-16-4-3-5-17-32)27-36(28-35)49(43-24-10-11-25-46-43)41-22-13-19-33-18-6-7-20-37(33)41;/h3-27,29,50H,1-2H3;/q-1;. The smallest absolute Gasteiger partial charge is 0.136 e. The molecule has 0 amide bonds. The molecule has 0 aliphatic heterocycles. The fourth-order valence-corrected chi connectivity index (χ4v) is 6.60. The molecule has 2 aromatic heterocycles. The van der Waals surface area contributed by atoms with Gasteiger partial charge in [0.05, 0.1) is 22.9 Å². The van der Waals surface area contributed by atoms with E-state index in [1.165, 1.54) is 0 Å². The van der Waals surface area contributed by atoms with Gasteiger partial charge in [0, 0.05) is 43.8 Å². The number of phenolic OH excluding ortho intramolecular Hbond substituents is 1. The summed E-state index contributed by atoms with van der Waals surface area (Å²) in [7, 11) is 0. The number of aryl methyl sites for hydroxylation is 2. The number of phenols is 1. The van der Waals surface area contributed by atoms with Crippen LogP contribution in [0.25, 0.3) is 55.8 Å². The second kappa shape index (κ2) is 14.5. The van der Waals surface area contributed by atoms with Gasteiger partial charge in [-0.2, -0.15) is 0 Å². The Morgan fingerprint density at radius 2 is 1.29 bits per heavy atom. The molecule has 6 heteroatoms. The van der Waals surface area contributed by atoms with Crippen molar-refractivity contribution in [1.29, 1.82) is 0 Å². The maximum absolute atomic E-state index is 11.0. The molecule has 0 spiro atoms. The van der Waals surface area contributed by atoms with Crippen molar-refractivity contribution in [2.24, 2.45) is 0 Å². The van der Waals surface area contributed by atoms with Gasteiger partial charge in [-0.15, -0.1) is 23.8 Å². The van der Waals surface area contributed by atoms with Gasteiger partial charge in [0.2, 0.25) is 0 Å². The number of hydrogen-bond donors (Lipinski definition) is 1. The van der Waals surface area contributed by atoms with Crippen molar-refractivity contribution in [2.75, 3.05) is 4.90 Å². The van der Waals surface area contributed by atoms with Crippen LogP contribution in [-0.2, 0) is 21.1 Å². The number of benzene rings is 6. The van der Waals surface area contributed by atoms with Gasteiger partial charge < -0.3 is 10.0 Å². The van der Waals surface area contributed by atoms with Crippen LogP contribution in [0.1, 0.15) is 11.1 Å². The fraction of sp³-hybridized carbons (Fsp3) is 0.0444. The van der Waals surface area contributed by atoms with Gasteiger partial charge in [0.15, 0.2) is 0 Å². The topological polar surface area (TPSA) is 62.1 Å². The maximum Gasteiger partial charge on any atom is 0.136 e. The molecule has 1 N–H and O–H groups in total. The largest absolute Gasteiger partial charge is 0.507 e. The first kappa shape index (κ1) is 33.6. The van der Waals surface area contributed by atoms with E-state index < -0.39 is 0 Å². The van der Waals surface area contributed by atoms with E-state index in [0.29, 0.717) is 22.6 Å². The molecule has 250 valence electrons. The molecule has 0 radical (unpaired) electrons. The number of nitrogens with zero attached hydrogens (tertiary/aromatic N) is 4. The SMILES string of the molecule is Cc1cccc(C)c1-c1cc(-c2ccccc2O)nc(-c2[c-]c(N(c3ccccn3)c3cccc4ccccc34)cc(-c3ccccc3)c2)n1.[Pt]. The minimum absolute atomic E-state index is 0. The summed E-state index contributed by atoms with van der Waals surface area (Å²) in [5, 5.41) is 13.2. The predicted octanol–water partition coefficient (Wildman–Crippen LogP) is 11.3. The normalized spacial score (nSPS) is 10.9. The summed E-state index contributed by atoms with van der Waals surface area (Å²) in [6, 6.07) is 54.4. The van der Waals surface area contributed by atoms with Crippen LogP contribution in [-0.4, -0.2) is 20.1 Å². The van der Waals surface area contributed by atoms with Crippen molar-refractivity contribution in [3.05, 3.63) is 175 Å². The summed E-state index contributed by atoms with van der Waals surface area (Å²) >= 11 is 0. The van der Waals surface area contributed by atoms with Crippen molar-refractivity contribution in [3.63, 3.8) is 0 Å². The molecule has 0 fully saturated rings. The molecule has 0 atom stereocenters. The molecule has 0 aliphatic carbocycles. The first-order valence-corrected chi connectivity index (χ1v) is 16.6. The Balaban J connectivity index is 0.00000406. The molecule has 0 aliphatic rings. The Hall–Kier alpha value is -5.90. The predicted molar refractivity (Wildman–Crippen MR) is 204 cm³/mol. The van der Waals surface area contributed by atoms with Crippen molar-refractivity contribution >= 4 is 28.0 Å². The van der Waals surface area contributed by atoms with Crippen molar-refractivity contribution in [2.45, 2.75) is 13.8 Å². The van der Waals surface area contributed by atoms with Gasteiger partial charge in [0.25, 0.3) is 0 Å². The van der Waals surface area contributed by atoms with Crippen LogP contribution in [0.5, 0.6) is 5.75 Å². The van der Waals surface area contributed by atoms with Crippen LogP contribution in [0, 0.1) is 19.9 Å². The van der Waals surface area contributed by atoms with Crippen LogP contribution >= 0.6 is 0 Å². The number of aromatic hydroxyl groups is 1. The molecule has 0 bridgehead atoms. The summed E-state index contributed by atoms with van der Waals surface area (Å²) in [5.74, 6) is 1.42. The summed E-state index contributed by atoms with van der Waals surface area (Å²) in [6.45, 7) is 4.19. The van der Waals surface area contributed by atoms with Crippen LogP contribution in [0.4, 0.5) is 17.2 Å². The van der Waals surface area contributed by atoms with E-state index in [2.05, 4.69) is 110 Å². The monoisotopic (exact) mass is 840 g/mol. The van der Waals surface area contributed by atoms with E-state index in [4.69, 9.17) is 15.0 Å². The van der Waals surface area contributed by atoms with Crippen molar-refractivity contribution in [1.82, 2.24) is 15.0 Å². The zero-order chi connectivity index (χ0) is 34.0. The zero-order valence-corrected chi connectivity index (χ0v) is 30.3. The summed E-state index contributed by atoms with van der Waals surface area (Å²) in [5.41, 5.74) is 9.82. The molecule has 0 unspecified atom stereocenters. The fourth-order valence-electron chi connectivity index (χ4n) is 6.60. The van der Waals surface area contributed by atoms with E-state index >= 15 is 0 Å². The average Bonchev–Trinajstić information content (AvgIpc) is 3.16.